The zero-order valence-corrected chi connectivity index (χ0v) is 11.9. The maximum Gasteiger partial charge on any atom is 0.254 e. The number of halogens is 1. The quantitative estimate of drug-likeness (QED) is 0.857. The van der Waals surface area contributed by atoms with Crippen molar-refractivity contribution in [3.63, 3.8) is 0 Å². The third kappa shape index (κ3) is 2.91. The summed E-state index contributed by atoms with van der Waals surface area (Å²) in [6.45, 7) is 0.784. The van der Waals surface area contributed by atoms with Gasteiger partial charge in [-0.15, -0.1) is 0 Å². The van der Waals surface area contributed by atoms with Gasteiger partial charge in [-0.2, -0.15) is 5.26 Å². The topological polar surface area (TPSA) is 44.1 Å². The van der Waals surface area contributed by atoms with Crippen LogP contribution in [0.25, 0.3) is 0 Å². The van der Waals surface area contributed by atoms with E-state index in [2.05, 4.69) is 22.0 Å². The van der Waals surface area contributed by atoms with Crippen molar-refractivity contribution in [3.05, 3.63) is 33.8 Å². The van der Waals surface area contributed by atoms with Gasteiger partial charge < -0.3 is 4.90 Å². The monoisotopic (exact) mass is 306 g/mol. The fourth-order valence-corrected chi connectivity index (χ4v) is 2.40. The second-order valence-electron chi connectivity index (χ2n) is 4.74. The number of benzene rings is 1. The molecule has 1 aliphatic carbocycles. The molecule has 1 aromatic rings. The van der Waals surface area contributed by atoms with Gasteiger partial charge in [0.2, 0.25) is 0 Å². The lowest BCUT2D eigenvalue weighted by Crippen LogP contribution is -2.28. The van der Waals surface area contributed by atoms with Crippen LogP contribution in [0, 0.1) is 17.2 Å². The zero-order chi connectivity index (χ0) is 13.1. The van der Waals surface area contributed by atoms with Gasteiger partial charge >= 0.3 is 0 Å². The predicted molar refractivity (Wildman–Crippen MR) is 73.2 cm³/mol. The molecule has 0 saturated heterocycles. The van der Waals surface area contributed by atoms with Crippen LogP contribution in [0.3, 0.4) is 0 Å². The Morgan fingerprint density at radius 1 is 1.56 bits per heavy atom. The maximum absolute atomic E-state index is 12.3. The summed E-state index contributed by atoms with van der Waals surface area (Å²) in [5.41, 5.74) is 1.06. The Bertz CT molecular complexity index is 503. The number of carbonyl (C=O) groups is 1. The zero-order valence-electron chi connectivity index (χ0n) is 10.3. The summed E-state index contributed by atoms with van der Waals surface area (Å²) >= 11 is 3.33. The van der Waals surface area contributed by atoms with Crippen molar-refractivity contribution in [1.29, 1.82) is 5.26 Å². The van der Waals surface area contributed by atoms with Crippen LogP contribution in [0.2, 0.25) is 0 Å². The first-order valence-electron chi connectivity index (χ1n) is 6.07. The van der Waals surface area contributed by atoms with Crippen molar-refractivity contribution in [2.24, 2.45) is 5.92 Å². The van der Waals surface area contributed by atoms with E-state index in [0.717, 1.165) is 18.9 Å². The molecule has 0 bridgehead atoms. The first kappa shape index (κ1) is 13.1. The van der Waals surface area contributed by atoms with E-state index in [9.17, 15) is 4.79 Å². The van der Waals surface area contributed by atoms with Crippen molar-refractivity contribution < 1.29 is 4.79 Å². The third-order valence-corrected chi connectivity index (χ3v) is 4.12. The summed E-state index contributed by atoms with van der Waals surface area (Å²) in [6, 6.07) is 7.26. The van der Waals surface area contributed by atoms with Gasteiger partial charge in [-0.1, -0.05) is 18.9 Å². The number of nitrogens with zero attached hydrogens (tertiary/aromatic N) is 2. The van der Waals surface area contributed by atoms with Crippen molar-refractivity contribution in [2.75, 3.05) is 13.6 Å². The molecule has 0 heterocycles. The van der Waals surface area contributed by atoms with Crippen LogP contribution in [-0.2, 0) is 0 Å². The molecule has 0 N–H and O–H groups in total. The van der Waals surface area contributed by atoms with Crippen molar-refractivity contribution in [3.8, 4) is 6.07 Å². The van der Waals surface area contributed by atoms with E-state index in [1.165, 1.54) is 12.8 Å². The highest BCUT2D eigenvalue weighted by atomic mass is 79.9. The lowest BCUT2D eigenvalue weighted by atomic mass is 10.1. The van der Waals surface area contributed by atoms with E-state index in [1.807, 2.05) is 7.05 Å². The van der Waals surface area contributed by atoms with E-state index in [0.29, 0.717) is 15.6 Å². The van der Waals surface area contributed by atoms with E-state index < -0.39 is 0 Å². The Kier molecular flexibility index (Phi) is 4.03. The van der Waals surface area contributed by atoms with Gasteiger partial charge in [0, 0.05) is 18.1 Å². The molecule has 18 heavy (non-hydrogen) atoms. The molecule has 1 saturated carbocycles. The second-order valence-corrected chi connectivity index (χ2v) is 5.53. The average Bonchev–Trinajstić information content (AvgIpc) is 3.19. The number of amides is 1. The number of hydrogen-bond donors (Lipinski definition) is 0. The van der Waals surface area contributed by atoms with Gasteiger partial charge in [-0.05, 0) is 40.4 Å². The van der Waals surface area contributed by atoms with E-state index in [1.54, 1.807) is 23.1 Å². The molecular weight excluding hydrogens is 292 g/mol. The van der Waals surface area contributed by atoms with Gasteiger partial charge in [0.15, 0.2) is 0 Å². The van der Waals surface area contributed by atoms with Crippen LogP contribution < -0.4 is 0 Å². The molecule has 0 unspecified atom stereocenters. The van der Waals surface area contributed by atoms with Crippen LogP contribution >= 0.6 is 15.9 Å². The molecule has 1 aromatic carbocycles. The minimum Gasteiger partial charge on any atom is -0.342 e. The van der Waals surface area contributed by atoms with E-state index in [4.69, 9.17) is 5.26 Å². The highest BCUT2D eigenvalue weighted by molar-refractivity contribution is 9.10. The van der Waals surface area contributed by atoms with Gasteiger partial charge in [0.05, 0.1) is 11.1 Å². The number of rotatable bonds is 4. The largest absolute Gasteiger partial charge is 0.342 e. The van der Waals surface area contributed by atoms with Gasteiger partial charge in [0.1, 0.15) is 6.07 Å². The second kappa shape index (κ2) is 5.53. The normalized spacial score (nSPS) is 14.1. The van der Waals surface area contributed by atoms with Crippen LogP contribution in [0.5, 0.6) is 0 Å². The van der Waals surface area contributed by atoms with Gasteiger partial charge in [-0.25, -0.2) is 0 Å². The average molecular weight is 307 g/mol. The molecule has 1 amide bonds. The van der Waals surface area contributed by atoms with Crippen LogP contribution in [0.1, 0.15) is 35.2 Å². The van der Waals surface area contributed by atoms with Gasteiger partial charge in [-0.3, -0.25) is 4.79 Å². The fraction of sp³-hybridized carbons (Fsp3) is 0.429. The lowest BCUT2D eigenvalue weighted by molar-refractivity contribution is 0.0790. The summed E-state index contributed by atoms with van der Waals surface area (Å²) < 4.78 is 0.593. The molecule has 0 aliphatic heterocycles. The summed E-state index contributed by atoms with van der Waals surface area (Å²) in [7, 11) is 1.82. The SMILES string of the molecule is CN(CCC1CC1)C(=O)c1cccc(C#N)c1Br. The minimum absolute atomic E-state index is 0.0281. The van der Waals surface area contributed by atoms with E-state index >= 15 is 0 Å². The van der Waals surface area contributed by atoms with Crippen LogP contribution in [0.15, 0.2) is 22.7 Å². The van der Waals surface area contributed by atoms with Crippen LogP contribution in [0.4, 0.5) is 0 Å². The molecule has 94 valence electrons. The summed E-state index contributed by atoms with van der Waals surface area (Å²) in [5.74, 6) is 0.786. The maximum atomic E-state index is 12.3. The fourth-order valence-electron chi connectivity index (χ4n) is 1.87. The Morgan fingerprint density at radius 2 is 2.28 bits per heavy atom. The Morgan fingerprint density at radius 3 is 2.89 bits per heavy atom. The number of hydrogen-bond acceptors (Lipinski definition) is 2. The summed E-state index contributed by atoms with van der Waals surface area (Å²) in [5, 5.41) is 8.94. The van der Waals surface area contributed by atoms with Crippen molar-refractivity contribution in [2.45, 2.75) is 19.3 Å². The first-order valence-corrected chi connectivity index (χ1v) is 6.87. The molecule has 1 aliphatic rings. The molecule has 3 nitrogen and oxygen atoms in total. The standard InChI is InChI=1S/C14H15BrN2O/c1-17(8-7-10-5-6-10)14(18)12-4-2-3-11(9-16)13(12)15/h2-4,10H,5-8H2,1H3. The Hall–Kier alpha value is -1.34. The predicted octanol–water partition coefficient (Wildman–Crippen LogP) is 3.19. The molecule has 4 heteroatoms. The lowest BCUT2D eigenvalue weighted by Gasteiger charge is -2.18. The first-order chi connectivity index (χ1) is 8.63. The van der Waals surface area contributed by atoms with Crippen molar-refractivity contribution in [1.82, 2.24) is 4.90 Å². The molecule has 0 spiro atoms. The molecular formula is C14H15BrN2O. The summed E-state index contributed by atoms with van der Waals surface area (Å²) in [6.07, 6.45) is 3.68. The molecule has 0 aromatic heterocycles. The minimum atomic E-state index is -0.0281. The van der Waals surface area contributed by atoms with Gasteiger partial charge in [0.25, 0.3) is 5.91 Å². The van der Waals surface area contributed by atoms with E-state index in [-0.39, 0.29) is 5.91 Å². The molecule has 2 rings (SSSR count). The number of nitriles is 1. The van der Waals surface area contributed by atoms with Crippen LogP contribution in [-0.4, -0.2) is 24.4 Å². The molecule has 0 atom stereocenters. The third-order valence-electron chi connectivity index (χ3n) is 3.27. The highest BCUT2D eigenvalue weighted by Crippen LogP contribution is 2.32. The Labute approximate surface area is 116 Å². The summed E-state index contributed by atoms with van der Waals surface area (Å²) in [4.78, 5) is 14.0. The molecule has 1 fully saturated rings. The van der Waals surface area contributed by atoms with Crippen molar-refractivity contribution >= 4 is 21.8 Å². The smallest absolute Gasteiger partial charge is 0.254 e. The highest BCUT2D eigenvalue weighted by Gasteiger charge is 2.23. The molecule has 0 radical (unpaired) electrons. The Balaban J connectivity index is 2.09. The number of carbonyl (C=O) groups excluding carboxylic acids is 1.